The van der Waals surface area contributed by atoms with E-state index in [1.165, 1.54) is 6.07 Å². The molecule has 18 heavy (non-hydrogen) atoms. The van der Waals surface area contributed by atoms with Gasteiger partial charge in [0.15, 0.2) is 0 Å². The maximum Gasteiger partial charge on any atom is 0.387 e. The van der Waals surface area contributed by atoms with E-state index in [0.29, 0.717) is 0 Å². The van der Waals surface area contributed by atoms with Gasteiger partial charge in [-0.2, -0.15) is 8.78 Å². The third-order valence-electron chi connectivity index (χ3n) is 2.78. The Kier molecular flexibility index (Phi) is 6.60. The lowest BCUT2D eigenvalue weighted by molar-refractivity contribution is -0.0499. The molecule has 102 valence electrons. The molecule has 1 rings (SSSR count). The van der Waals surface area contributed by atoms with Crippen LogP contribution in [0.15, 0.2) is 24.3 Å². The molecule has 3 N–H and O–H groups in total. The van der Waals surface area contributed by atoms with Gasteiger partial charge >= 0.3 is 6.61 Å². The van der Waals surface area contributed by atoms with Crippen LogP contribution < -0.4 is 16.0 Å². The lowest BCUT2D eigenvalue weighted by Crippen LogP contribution is -2.28. The number of nitrogens with one attached hydrogen (secondary N) is 1. The zero-order valence-corrected chi connectivity index (χ0v) is 10.5. The molecule has 0 aliphatic rings. The highest BCUT2D eigenvalue weighted by molar-refractivity contribution is 5.30. The molecule has 3 nitrogen and oxygen atoms in total. The van der Waals surface area contributed by atoms with E-state index in [4.69, 9.17) is 5.84 Å². The highest BCUT2D eigenvalue weighted by Crippen LogP contribution is 2.24. The third-order valence-corrected chi connectivity index (χ3v) is 2.78. The fourth-order valence-electron chi connectivity index (χ4n) is 1.85. The van der Waals surface area contributed by atoms with Crippen molar-refractivity contribution in [3.05, 3.63) is 29.8 Å². The highest BCUT2D eigenvalue weighted by atomic mass is 19.3. The molecule has 5 heteroatoms. The number of nitrogens with two attached hydrogens (primary N) is 1. The van der Waals surface area contributed by atoms with Crippen LogP contribution in [0.5, 0.6) is 5.75 Å². The van der Waals surface area contributed by atoms with E-state index in [0.717, 1.165) is 31.2 Å². The summed E-state index contributed by atoms with van der Waals surface area (Å²) < 4.78 is 28.6. The van der Waals surface area contributed by atoms with Crippen molar-refractivity contribution in [2.75, 3.05) is 0 Å². The van der Waals surface area contributed by atoms with E-state index in [1.807, 2.05) is 6.07 Å². The van der Waals surface area contributed by atoms with E-state index in [-0.39, 0.29) is 11.8 Å². The topological polar surface area (TPSA) is 47.3 Å². The van der Waals surface area contributed by atoms with Crippen molar-refractivity contribution in [3.8, 4) is 5.75 Å². The quantitative estimate of drug-likeness (QED) is 0.427. The molecule has 0 saturated heterocycles. The Bertz CT molecular complexity index is 348. The average Bonchev–Trinajstić information content (AvgIpc) is 2.34. The summed E-state index contributed by atoms with van der Waals surface area (Å²) in [6.45, 7) is -0.674. The van der Waals surface area contributed by atoms with E-state index in [2.05, 4.69) is 17.1 Å². The van der Waals surface area contributed by atoms with E-state index in [1.54, 1.807) is 12.1 Å². The van der Waals surface area contributed by atoms with Crippen LogP contribution in [0.4, 0.5) is 8.78 Å². The number of ether oxygens (including phenoxy) is 1. The van der Waals surface area contributed by atoms with Gasteiger partial charge in [-0.15, -0.1) is 0 Å². The summed E-state index contributed by atoms with van der Waals surface area (Å²) in [6.07, 6.45) is 4.19. The lowest BCUT2D eigenvalue weighted by Gasteiger charge is -2.17. The van der Waals surface area contributed by atoms with Gasteiger partial charge in [-0.25, -0.2) is 0 Å². The lowest BCUT2D eigenvalue weighted by atomic mass is 10.0. The largest absolute Gasteiger partial charge is 0.435 e. The van der Waals surface area contributed by atoms with Crippen molar-refractivity contribution >= 4 is 0 Å². The minimum atomic E-state index is -2.80. The average molecular weight is 258 g/mol. The Labute approximate surface area is 106 Å². The second-order valence-corrected chi connectivity index (χ2v) is 4.17. The van der Waals surface area contributed by atoms with Crippen molar-refractivity contribution in [2.45, 2.75) is 45.3 Å². The Morgan fingerprint density at radius 1 is 1.33 bits per heavy atom. The first-order valence-electron chi connectivity index (χ1n) is 6.18. The molecule has 1 unspecified atom stereocenters. The van der Waals surface area contributed by atoms with E-state index in [9.17, 15) is 8.78 Å². The van der Waals surface area contributed by atoms with E-state index >= 15 is 0 Å². The van der Waals surface area contributed by atoms with Crippen molar-refractivity contribution < 1.29 is 13.5 Å². The zero-order valence-electron chi connectivity index (χ0n) is 10.5. The molecule has 0 aliphatic carbocycles. The molecule has 1 atom stereocenters. The molecule has 0 amide bonds. The predicted molar refractivity (Wildman–Crippen MR) is 67.3 cm³/mol. The molecular formula is C13H20F2N2O. The van der Waals surface area contributed by atoms with Crippen molar-refractivity contribution in [2.24, 2.45) is 5.84 Å². The summed E-state index contributed by atoms with van der Waals surface area (Å²) in [6, 6.07) is 6.63. The van der Waals surface area contributed by atoms with Crippen LogP contribution >= 0.6 is 0 Å². The van der Waals surface area contributed by atoms with Crippen molar-refractivity contribution in [1.82, 2.24) is 5.43 Å². The molecule has 0 heterocycles. The van der Waals surface area contributed by atoms with Crippen molar-refractivity contribution in [3.63, 3.8) is 0 Å². The molecule has 0 saturated carbocycles. The summed E-state index contributed by atoms with van der Waals surface area (Å²) >= 11 is 0. The number of hydrazine groups is 1. The van der Waals surface area contributed by atoms with Gasteiger partial charge in [-0.05, 0) is 24.1 Å². The van der Waals surface area contributed by atoms with Gasteiger partial charge in [0, 0.05) is 6.04 Å². The van der Waals surface area contributed by atoms with Gasteiger partial charge in [0.2, 0.25) is 0 Å². The second kappa shape index (κ2) is 8.00. The smallest absolute Gasteiger partial charge is 0.387 e. The molecule has 0 aromatic heterocycles. The number of rotatable bonds is 8. The molecule has 0 aliphatic heterocycles. The summed E-state index contributed by atoms with van der Waals surface area (Å²) in [7, 11) is 0. The summed E-state index contributed by atoms with van der Waals surface area (Å²) in [4.78, 5) is 0. The molecule has 1 aromatic carbocycles. The first-order valence-corrected chi connectivity index (χ1v) is 6.18. The van der Waals surface area contributed by atoms with Crippen LogP contribution in [0.1, 0.15) is 44.2 Å². The standard InChI is InChI=1S/C13H20F2N2O/c1-2-3-4-8-12(17-16)10-6-5-7-11(9-10)18-13(14)15/h5-7,9,12-13,17H,2-4,8,16H2,1H3. The summed E-state index contributed by atoms with van der Waals surface area (Å²) in [5.41, 5.74) is 3.58. The van der Waals surface area contributed by atoms with Crippen LogP contribution in [-0.2, 0) is 0 Å². The van der Waals surface area contributed by atoms with Gasteiger partial charge < -0.3 is 4.74 Å². The Hall–Kier alpha value is -1.20. The van der Waals surface area contributed by atoms with E-state index < -0.39 is 6.61 Å². The SMILES string of the molecule is CCCCCC(NN)c1cccc(OC(F)F)c1. The monoisotopic (exact) mass is 258 g/mol. The Balaban J connectivity index is 2.66. The number of halogens is 2. The Morgan fingerprint density at radius 3 is 2.72 bits per heavy atom. The van der Waals surface area contributed by atoms with Crippen LogP contribution in [0, 0.1) is 0 Å². The third kappa shape index (κ3) is 4.98. The minimum Gasteiger partial charge on any atom is -0.435 e. The Morgan fingerprint density at radius 2 is 2.11 bits per heavy atom. The summed E-state index contributed by atoms with van der Waals surface area (Å²) in [5, 5.41) is 0. The van der Waals surface area contributed by atoms with Gasteiger partial charge in [-0.3, -0.25) is 11.3 Å². The first-order chi connectivity index (χ1) is 8.67. The molecule has 1 aromatic rings. The van der Waals surface area contributed by atoms with Crippen LogP contribution in [0.3, 0.4) is 0 Å². The minimum absolute atomic E-state index is 0.0298. The van der Waals surface area contributed by atoms with Gasteiger partial charge in [-0.1, -0.05) is 38.3 Å². The number of unbranched alkanes of at least 4 members (excludes halogenated alkanes) is 2. The molecule has 0 fully saturated rings. The molecule has 0 bridgehead atoms. The molecular weight excluding hydrogens is 238 g/mol. The van der Waals surface area contributed by atoms with Gasteiger partial charge in [0.25, 0.3) is 0 Å². The first kappa shape index (κ1) is 14.9. The molecule has 0 spiro atoms. The van der Waals surface area contributed by atoms with Gasteiger partial charge in [0.1, 0.15) is 5.75 Å². The van der Waals surface area contributed by atoms with Gasteiger partial charge in [0.05, 0.1) is 0 Å². The molecule has 0 radical (unpaired) electrons. The predicted octanol–water partition coefficient (Wildman–Crippen LogP) is 3.37. The van der Waals surface area contributed by atoms with Crippen molar-refractivity contribution in [1.29, 1.82) is 0 Å². The van der Waals surface area contributed by atoms with Crippen LogP contribution in [-0.4, -0.2) is 6.61 Å². The number of hydrogen-bond donors (Lipinski definition) is 2. The number of benzene rings is 1. The zero-order chi connectivity index (χ0) is 13.4. The van der Waals surface area contributed by atoms with Crippen LogP contribution in [0.2, 0.25) is 0 Å². The maximum atomic E-state index is 12.1. The number of hydrogen-bond acceptors (Lipinski definition) is 3. The highest BCUT2D eigenvalue weighted by Gasteiger charge is 2.11. The maximum absolute atomic E-state index is 12.1. The second-order valence-electron chi connectivity index (χ2n) is 4.17. The normalized spacial score (nSPS) is 12.7. The fourth-order valence-corrected chi connectivity index (χ4v) is 1.85. The number of alkyl halides is 2. The van der Waals surface area contributed by atoms with Crippen LogP contribution in [0.25, 0.3) is 0 Å². The summed E-state index contributed by atoms with van der Waals surface area (Å²) in [5.74, 6) is 5.66. The fraction of sp³-hybridized carbons (Fsp3) is 0.538.